The van der Waals surface area contributed by atoms with Crippen LogP contribution >= 0.6 is 0 Å². The number of nitrogens with zero attached hydrogens (tertiary/aromatic N) is 3. The minimum Gasteiger partial charge on any atom is -0.397 e. The second-order valence-electron chi connectivity index (χ2n) is 3.74. The summed E-state index contributed by atoms with van der Waals surface area (Å²) in [7, 11) is 1.82. The van der Waals surface area contributed by atoms with Crippen LogP contribution in [-0.2, 0) is 13.5 Å². The Morgan fingerprint density at radius 3 is 2.94 bits per heavy atom. The van der Waals surface area contributed by atoms with Gasteiger partial charge in [-0.15, -0.1) is 0 Å². The average molecular weight is 235 g/mol. The lowest BCUT2D eigenvalue weighted by Crippen LogP contribution is -2.08. The fourth-order valence-electron chi connectivity index (χ4n) is 1.50. The van der Waals surface area contributed by atoms with E-state index in [1.165, 1.54) is 12.1 Å². The van der Waals surface area contributed by atoms with Crippen molar-refractivity contribution in [2.45, 2.75) is 6.42 Å². The van der Waals surface area contributed by atoms with E-state index < -0.39 is 0 Å². The molecule has 0 saturated carbocycles. The highest BCUT2D eigenvalue weighted by Crippen LogP contribution is 2.18. The Labute approximate surface area is 98.5 Å². The molecule has 3 N–H and O–H groups in total. The van der Waals surface area contributed by atoms with Crippen LogP contribution < -0.4 is 11.1 Å². The Balaban J connectivity index is 1.90. The van der Waals surface area contributed by atoms with E-state index in [0.717, 1.165) is 11.5 Å². The normalized spacial score (nSPS) is 10.5. The van der Waals surface area contributed by atoms with Gasteiger partial charge in [0.25, 0.3) is 0 Å². The number of benzene rings is 1. The molecule has 0 radical (unpaired) electrons. The van der Waals surface area contributed by atoms with Crippen molar-refractivity contribution in [3.63, 3.8) is 0 Å². The Morgan fingerprint density at radius 2 is 2.29 bits per heavy atom. The van der Waals surface area contributed by atoms with Gasteiger partial charge in [-0.25, -0.2) is 9.37 Å². The molecule has 0 bridgehead atoms. The molecule has 0 aliphatic heterocycles. The molecule has 6 heteroatoms. The molecule has 17 heavy (non-hydrogen) atoms. The van der Waals surface area contributed by atoms with Crippen molar-refractivity contribution in [2.24, 2.45) is 7.05 Å². The Kier molecular flexibility index (Phi) is 3.22. The number of rotatable bonds is 4. The van der Waals surface area contributed by atoms with Crippen molar-refractivity contribution in [1.82, 2.24) is 14.8 Å². The van der Waals surface area contributed by atoms with Crippen LogP contribution in [0.1, 0.15) is 5.82 Å². The summed E-state index contributed by atoms with van der Waals surface area (Å²) >= 11 is 0. The molecular weight excluding hydrogens is 221 g/mol. The van der Waals surface area contributed by atoms with Crippen LogP contribution in [0, 0.1) is 5.82 Å². The van der Waals surface area contributed by atoms with Crippen molar-refractivity contribution < 1.29 is 4.39 Å². The molecule has 0 aliphatic rings. The zero-order chi connectivity index (χ0) is 12.3. The number of hydrogen-bond donors (Lipinski definition) is 2. The van der Waals surface area contributed by atoms with Gasteiger partial charge < -0.3 is 11.1 Å². The fraction of sp³-hybridized carbons (Fsp3) is 0.273. The number of halogens is 1. The summed E-state index contributed by atoms with van der Waals surface area (Å²) in [6.45, 7) is 0.653. The highest BCUT2D eigenvalue weighted by molar-refractivity contribution is 5.65. The number of anilines is 2. The summed E-state index contributed by atoms with van der Waals surface area (Å²) < 4.78 is 14.5. The summed E-state index contributed by atoms with van der Waals surface area (Å²) in [6.07, 6.45) is 2.35. The molecule has 0 atom stereocenters. The van der Waals surface area contributed by atoms with Gasteiger partial charge in [0, 0.05) is 20.0 Å². The van der Waals surface area contributed by atoms with Crippen molar-refractivity contribution in [3.05, 3.63) is 36.2 Å². The van der Waals surface area contributed by atoms with Crippen LogP contribution in [0.25, 0.3) is 0 Å². The molecule has 0 spiro atoms. The van der Waals surface area contributed by atoms with Gasteiger partial charge in [-0.3, -0.25) is 4.68 Å². The number of hydrogen-bond acceptors (Lipinski definition) is 4. The zero-order valence-electron chi connectivity index (χ0n) is 9.52. The van der Waals surface area contributed by atoms with Crippen LogP contribution in [0.4, 0.5) is 15.8 Å². The van der Waals surface area contributed by atoms with Crippen LogP contribution in [0.3, 0.4) is 0 Å². The molecule has 90 valence electrons. The van der Waals surface area contributed by atoms with Crippen molar-refractivity contribution in [2.75, 3.05) is 17.6 Å². The van der Waals surface area contributed by atoms with Gasteiger partial charge in [-0.2, -0.15) is 5.10 Å². The largest absolute Gasteiger partial charge is 0.397 e. The maximum Gasteiger partial charge on any atom is 0.152 e. The van der Waals surface area contributed by atoms with E-state index in [4.69, 9.17) is 5.73 Å². The topological polar surface area (TPSA) is 68.8 Å². The predicted molar refractivity (Wildman–Crippen MR) is 64.0 cm³/mol. The Bertz CT molecular complexity index is 508. The van der Waals surface area contributed by atoms with Crippen molar-refractivity contribution in [1.29, 1.82) is 0 Å². The van der Waals surface area contributed by atoms with Crippen LogP contribution in [0.2, 0.25) is 0 Å². The molecule has 2 rings (SSSR count). The molecule has 1 aromatic carbocycles. The SMILES string of the molecule is Cn1cnc(CCNc2ccc(F)cc2N)n1. The first-order chi connectivity index (χ1) is 8.15. The van der Waals surface area contributed by atoms with Gasteiger partial charge in [0.15, 0.2) is 5.82 Å². The maximum atomic E-state index is 12.8. The second kappa shape index (κ2) is 4.82. The lowest BCUT2D eigenvalue weighted by molar-refractivity contribution is 0.628. The number of nitrogens with two attached hydrogens (primary N) is 1. The first-order valence-corrected chi connectivity index (χ1v) is 5.28. The molecule has 5 nitrogen and oxygen atoms in total. The molecule has 0 aliphatic carbocycles. The molecule has 2 aromatic rings. The summed E-state index contributed by atoms with van der Waals surface area (Å²) in [5.74, 6) is 0.431. The van der Waals surface area contributed by atoms with Gasteiger partial charge in [0.05, 0.1) is 11.4 Å². The molecule has 1 aromatic heterocycles. The predicted octanol–water partition coefficient (Wildman–Crippen LogP) is 1.19. The van der Waals surface area contributed by atoms with Crippen LogP contribution in [-0.4, -0.2) is 21.3 Å². The summed E-state index contributed by atoms with van der Waals surface area (Å²) in [4.78, 5) is 4.10. The molecule has 0 fully saturated rings. The quantitative estimate of drug-likeness (QED) is 0.781. The first-order valence-electron chi connectivity index (χ1n) is 5.28. The first kappa shape index (κ1) is 11.4. The molecule has 1 heterocycles. The van der Waals surface area contributed by atoms with Gasteiger partial charge in [0.1, 0.15) is 12.1 Å². The summed E-state index contributed by atoms with van der Waals surface area (Å²) in [5.41, 5.74) is 6.79. The lowest BCUT2D eigenvalue weighted by atomic mass is 10.2. The molecular formula is C11H14FN5. The van der Waals surface area contributed by atoms with Crippen LogP contribution in [0.15, 0.2) is 24.5 Å². The van der Waals surface area contributed by atoms with Crippen LogP contribution in [0.5, 0.6) is 0 Å². The standard InChI is InChI=1S/C11H14FN5/c1-17-7-15-11(16-17)4-5-14-10-3-2-8(12)6-9(10)13/h2-3,6-7,14H,4-5,13H2,1H3. The van der Waals surface area contributed by atoms with Crippen molar-refractivity contribution in [3.8, 4) is 0 Å². The second-order valence-corrected chi connectivity index (χ2v) is 3.74. The third-order valence-electron chi connectivity index (χ3n) is 2.32. The van der Waals surface area contributed by atoms with Gasteiger partial charge in [-0.05, 0) is 18.2 Å². The van der Waals surface area contributed by atoms with Gasteiger partial charge >= 0.3 is 0 Å². The zero-order valence-corrected chi connectivity index (χ0v) is 9.52. The highest BCUT2D eigenvalue weighted by Gasteiger charge is 2.02. The number of nitrogen functional groups attached to an aromatic ring is 1. The Morgan fingerprint density at radius 1 is 1.47 bits per heavy atom. The number of aromatic nitrogens is 3. The maximum absolute atomic E-state index is 12.8. The Hall–Kier alpha value is -2.11. The number of nitrogens with one attached hydrogen (secondary N) is 1. The summed E-state index contributed by atoms with van der Waals surface area (Å²) in [5, 5.41) is 7.27. The fourth-order valence-corrected chi connectivity index (χ4v) is 1.50. The van der Waals surface area contributed by atoms with E-state index in [1.807, 2.05) is 7.05 Å². The highest BCUT2D eigenvalue weighted by atomic mass is 19.1. The smallest absolute Gasteiger partial charge is 0.152 e. The third-order valence-corrected chi connectivity index (χ3v) is 2.32. The van der Waals surface area contributed by atoms with Crippen molar-refractivity contribution >= 4 is 11.4 Å². The summed E-state index contributed by atoms with van der Waals surface area (Å²) in [6, 6.07) is 4.29. The third kappa shape index (κ3) is 2.93. The van der Waals surface area contributed by atoms with Gasteiger partial charge in [-0.1, -0.05) is 0 Å². The van der Waals surface area contributed by atoms with E-state index >= 15 is 0 Å². The molecule has 0 unspecified atom stereocenters. The minimum absolute atomic E-state index is 0.334. The molecule has 0 amide bonds. The van der Waals surface area contributed by atoms with Gasteiger partial charge in [0.2, 0.25) is 0 Å². The monoisotopic (exact) mass is 235 g/mol. The lowest BCUT2D eigenvalue weighted by Gasteiger charge is -2.07. The average Bonchev–Trinajstić information content (AvgIpc) is 2.68. The van der Waals surface area contributed by atoms with E-state index in [0.29, 0.717) is 18.7 Å². The van der Waals surface area contributed by atoms with E-state index in [-0.39, 0.29) is 5.82 Å². The number of aryl methyl sites for hydroxylation is 1. The van der Waals surface area contributed by atoms with E-state index in [1.54, 1.807) is 17.1 Å². The van der Waals surface area contributed by atoms with E-state index in [9.17, 15) is 4.39 Å². The minimum atomic E-state index is -0.334. The molecule has 0 saturated heterocycles. The van der Waals surface area contributed by atoms with E-state index in [2.05, 4.69) is 15.4 Å².